The van der Waals surface area contributed by atoms with E-state index in [-0.39, 0.29) is 30.1 Å². The summed E-state index contributed by atoms with van der Waals surface area (Å²) in [5.41, 5.74) is 7.27. The van der Waals surface area contributed by atoms with E-state index in [9.17, 15) is 20.4 Å². The average Bonchev–Trinajstić information content (AvgIpc) is 3.96. The molecule has 60 heavy (non-hydrogen) atoms. The molecule has 5 aliphatic rings. The molecule has 0 amide bonds. The Morgan fingerprint density at radius 3 is 2.63 bits per heavy atom. The summed E-state index contributed by atoms with van der Waals surface area (Å²) in [7, 11) is 1.54. The molecule has 2 aliphatic carbocycles. The second-order valence-electron chi connectivity index (χ2n) is 17.3. The van der Waals surface area contributed by atoms with E-state index >= 15 is 0 Å². The van der Waals surface area contributed by atoms with E-state index in [0.717, 1.165) is 80.3 Å². The highest BCUT2D eigenvalue weighted by atomic mass is 16.6. The fraction of sp³-hybridized carbons (Fsp3) is 0.479. The molecule has 318 valence electrons. The van der Waals surface area contributed by atoms with Crippen LogP contribution in [0.5, 0.6) is 28.7 Å². The number of fused-ring (bicyclic) bond motifs is 9. The van der Waals surface area contributed by atoms with Gasteiger partial charge in [0.2, 0.25) is 0 Å². The van der Waals surface area contributed by atoms with Crippen molar-refractivity contribution in [3.8, 4) is 39.9 Å². The summed E-state index contributed by atoms with van der Waals surface area (Å²) < 4.78 is 27.1. The summed E-state index contributed by atoms with van der Waals surface area (Å²) in [5, 5.41) is 54.9. The molecule has 3 heterocycles. The van der Waals surface area contributed by atoms with Crippen molar-refractivity contribution in [3.05, 3.63) is 98.6 Å². The van der Waals surface area contributed by atoms with Crippen LogP contribution in [0.2, 0.25) is 0 Å². The second kappa shape index (κ2) is 17.4. The van der Waals surface area contributed by atoms with Crippen molar-refractivity contribution >= 4 is 6.08 Å². The topological polar surface area (TPSA) is 166 Å². The molecular formula is C48H58N4O8. The van der Waals surface area contributed by atoms with Crippen molar-refractivity contribution in [2.45, 2.75) is 101 Å². The number of methoxy groups -OCH3 is 1. The van der Waals surface area contributed by atoms with E-state index in [1.807, 2.05) is 24.3 Å². The van der Waals surface area contributed by atoms with Crippen LogP contribution in [0.15, 0.2) is 59.6 Å². The summed E-state index contributed by atoms with van der Waals surface area (Å²) in [6, 6.07) is 17.9. The van der Waals surface area contributed by atoms with E-state index < -0.39 is 17.8 Å². The number of nitrogens with one attached hydrogen (secondary N) is 3. The third-order valence-electron chi connectivity index (χ3n) is 13.2. The Hall–Kier alpha value is -4.69. The van der Waals surface area contributed by atoms with Crippen molar-refractivity contribution in [2.75, 3.05) is 46.8 Å². The number of hydrogen-bond acceptors (Lipinski definition) is 12. The molecule has 0 spiro atoms. The Kier molecular flexibility index (Phi) is 11.8. The van der Waals surface area contributed by atoms with Crippen molar-refractivity contribution < 1.29 is 39.4 Å². The summed E-state index contributed by atoms with van der Waals surface area (Å²) >= 11 is 0. The third-order valence-corrected chi connectivity index (χ3v) is 13.2. The van der Waals surface area contributed by atoms with Crippen LogP contribution in [0.4, 0.5) is 0 Å². The van der Waals surface area contributed by atoms with Gasteiger partial charge in [-0.1, -0.05) is 37.1 Å². The van der Waals surface area contributed by atoms with Crippen LogP contribution in [-0.4, -0.2) is 91.0 Å². The van der Waals surface area contributed by atoms with Gasteiger partial charge < -0.3 is 50.0 Å². The van der Waals surface area contributed by atoms with Crippen molar-refractivity contribution in [2.24, 2.45) is 4.99 Å². The Balaban J connectivity index is 1.20. The predicted octanol–water partition coefficient (Wildman–Crippen LogP) is 4.19. The molecule has 12 heteroatoms. The maximum Gasteiger partial charge on any atom is 0.160 e. The van der Waals surface area contributed by atoms with Crippen LogP contribution >= 0.6 is 0 Å². The number of aliphatic hydroxyl groups is 2. The molecule has 4 aromatic carbocycles. The first-order valence-corrected chi connectivity index (χ1v) is 21.7. The fourth-order valence-electron chi connectivity index (χ4n) is 10.2. The zero-order valence-electron chi connectivity index (χ0n) is 34.6. The van der Waals surface area contributed by atoms with Gasteiger partial charge in [-0.2, -0.15) is 0 Å². The lowest BCUT2D eigenvalue weighted by Crippen LogP contribution is -2.56. The zero-order valence-corrected chi connectivity index (χ0v) is 34.6. The summed E-state index contributed by atoms with van der Waals surface area (Å²) in [6.45, 7) is 3.94. The minimum atomic E-state index is -0.956. The number of ether oxygens (including phenoxy) is 4. The molecule has 9 rings (SSSR count). The van der Waals surface area contributed by atoms with Gasteiger partial charge in [-0.25, -0.2) is 0 Å². The van der Waals surface area contributed by atoms with E-state index in [2.05, 4.69) is 45.2 Å². The minimum absolute atomic E-state index is 0.0246. The second-order valence-corrected chi connectivity index (χ2v) is 17.3. The van der Waals surface area contributed by atoms with E-state index in [1.165, 1.54) is 18.4 Å². The Bertz CT molecular complexity index is 2350. The normalized spacial score (nSPS) is 23.2. The molecule has 5 unspecified atom stereocenters. The molecule has 3 aliphatic heterocycles. The van der Waals surface area contributed by atoms with Gasteiger partial charge in [0.25, 0.3) is 0 Å². The molecule has 0 aromatic heterocycles. The quantitative estimate of drug-likeness (QED) is 0.0680. The first-order valence-electron chi connectivity index (χ1n) is 21.7. The molecule has 0 bridgehead atoms. The van der Waals surface area contributed by atoms with Crippen LogP contribution in [0.25, 0.3) is 17.2 Å². The van der Waals surface area contributed by atoms with Crippen LogP contribution in [0.1, 0.15) is 84.4 Å². The number of aromatic hydroxyl groups is 2. The highest BCUT2D eigenvalue weighted by Crippen LogP contribution is 2.57. The molecule has 0 saturated heterocycles. The van der Waals surface area contributed by atoms with Gasteiger partial charge in [-0.3, -0.25) is 10.3 Å². The minimum Gasteiger partial charge on any atom is -0.508 e. The maximum absolute atomic E-state index is 11.0. The van der Waals surface area contributed by atoms with Gasteiger partial charge in [-0.15, -0.1) is 0 Å². The molecule has 1 fully saturated rings. The smallest absolute Gasteiger partial charge is 0.160 e. The first kappa shape index (κ1) is 40.7. The lowest BCUT2D eigenvalue weighted by molar-refractivity contribution is -0.131. The van der Waals surface area contributed by atoms with Gasteiger partial charge in [-0.05, 0) is 121 Å². The number of aliphatic hydroxyl groups excluding tert-OH is 2. The van der Waals surface area contributed by atoms with Gasteiger partial charge in [0.05, 0.1) is 38.5 Å². The Morgan fingerprint density at radius 1 is 0.950 bits per heavy atom. The number of hydrogen-bond donors (Lipinski definition) is 7. The van der Waals surface area contributed by atoms with E-state index in [0.29, 0.717) is 70.5 Å². The number of nitrogens with zero attached hydrogens (tertiary/aromatic N) is 1. The molecule has 0 radical (unpaired) electrons. The average molecular weight is 819 g/mol. The predicted molar refractivity (Wildman–Crippen MR) is 228 cm³/mol. The van der Waals surface area contributed by atoms with Crippen molar-refractivity contribution in [1.82, 2.24) is 16.0 Å². The summed E-state index contributed by atoms with van der Waals surface area (Å²) in [6.07, 6.45) is 8.47. The zero-order chi connectivity index (χ0) is 41.4. The summed E-state index contributed by atoms with van der Waals surface area (Å²) in [5.74, 6) is 2.13. The number of phenols is 2. The lowest BCUT2D eigenvalue weighted by Gasteiger charge is -2.47. The number of phenolic OH excluding ortho intramolecular Hbond substituents is 2. The first-order chi connectivity index (χ1) is 29.2. The molecular weight excluding hydrogens is 761 g/mol. The number of benzene rings is 4. The van der Waals surface area contributed by atoms with Gasteiger partial charge in [0.1, 0.15) is 29.0 Å². The Labute approximate surface area is 351 Å². The molecule has 7 N–H and O–H groups in total. The van der Waals surface area contributed by atoms with E-state index in [4.69, 9.17) is 18.9 Å². The highest BCUT2D eigenvalue weighted by molar-refractivity contribution is 5.85. The van der Waals surface area contributed by atoms with Gasteiger partial charge in [0.15, 0.2) is 17.6 Å². The maximum atomic E-state index is 11.0. The third kappa shape index (κ3) is 7.97. The SMILES string of the molecule is COc1cc(C2Oc3c(c4c(c5c3CCC(CO)O5)-c3ccc(O)cc3C(Cc3ccc5c(c3)=CCN=5)C4)CC2(CNCNCC(C)O)OCNC2CCCC2)ccc1O. The largest absolute Gasteiger partial charge is 0.508 e. The monoisotopic (exact) mass is 818 g/mol. The lowest BCUT2D eigenvalue weighted by atomic mass is 9.70. The van der Waals surface area contributed by atoms with Gasteiger partial charge >= 0.3 is 0 Å². The molecule has 5 atom stereocenters. The molecule has 12 nitrogen and oxygen atoms in total. The van der Waals surface area contributed by atoms with Gasteiger partial charge in [0, 0.05) is 48.9 Å². The van der Waals surface area contributed by atoms with E-state index in [1.54, 1.807) is 26.2 Å². The van der Waals surface area contributed by atoms with Crippen LogP contribution in [-0.2, 0) is 30.4 Å². The standard InChI is InChI=1S/C48H58N4O8/c1-28(54)23-49-26-50-25-48(58-27-52-33-5-3-4-6-33)22-40-39-19-32(18-29-7-13-41-30(17-29)15-16-51-41)38-21-34(55)9-11-36(38)44(39)46-37(12-10-35(24-53)59-46)45(40)60-47(48)31-8-14-42(56)43(20-31)57-2/h7-9,11,13-15,17,20-21,28,32-33,35,47,49-50,52-56H,3-6,10,12,16,18-19,22-27H2,1-2H3. The number of rotatable bonds is 15. The van der Waals surface area contributed by atoms with Crippen LogP contribution < -0.4 is 40.7 Å². The fourth-order valence-corrected chi connectivity index (χ4v) is 10.2. The van der Waals surface area contributed by atoms with Crippen molar-refractivity contribution in [1.29, 1.82) is 0 Å². The van der Waals surface area contributed by atoms with Crippen LogP contribution in [0, 0.1) is 0 Å². The Morgan fingerprint density at radius 2 is 1.82 bits per heavy atom. The van der Waals surface area contributed by atoms with Crippen LogP contribution in [0.3, 0.4) is 0 Å². The molecule has 1 saturated carbocycles. The van der Waals surface area contributed by atoms with Crippen molar-refractivity contribution in [3.63, 3.8) is 0 Å². The summed E-state index contributed by atoms with van der Waals surface area (Å²) in [4.78, 5) is 4.61. The highest BCUT2D eigenvalue weighted by Gasteiger charge is 2.50. The molecule has 4 aromatic rings.